The fraction of sp³-hybridized carbons (Fsp3) is 0.667. The van der Waals surface area contributed by atoms with Crippen molar-refractivity contribution in [3.8, 4) is 0 Å². The maximum absolute atomic E-state index is 11.3. The first-order valence-corrected chi connectivity index (χ1v) is 11.1. The first kappa shape index (κ1) is 20.6. The van der Waals surface area contributed by atoms with E-state index >= 15 is 0 Å². The fourth-order valence-electron chi connectivity index (χ4n) is 4.20. The SMILES string of the molecule is CN(O)C(=O)CCCOCC[C@@H]1[C@H](CSCc2ccccc2)[C@@H]2CC[C@H]1O2. The van der Waals surface area contributed by atoms with Crippen molar-refractivity contribution in [3.63, 3.8) is 0 Å². The summed E-state index contributed by atoms with van der Waals surface area (Å²) in [5.74, 6) is 3.17. The Bertz CT molecular complexity index is 583. The highest BCUT2D eigenvalue weighted by molar-refractivity contribution is 7.98. The van der Waals surface area contributed by atoms with Gasteiger partial charge in [0.2, 0.25) is 5.91 Å². The molecule has 6 heteroatoms. The quantitative estimate of drug-likeness (QED) is 0.352. The summed E-state index contributed by atoms with van der Waals surface area (Å²) in [7, 11) is 1.36. The Morgan fingerprint density at radius 1 is 1.22 bits per heavy atom. The number of carbonyl (C=O) groups is 1. The highest BCUT2D eigenvalue weighted by atomic mass is 32.2. The Labute approximate surface area is 166 Å². The number of rotatable bonds is 11. The lowest BCUT2D eigenvalue weighted by molar-refractivity contribution is -0.159. The van der Waals surface area contributed by atoms with Crippen LogP contribution in [0.5, 0.6) is 0 Å². The Balaban J connectivity index is 1.35. The predicted molar refractivity (Wildman–Crippen MR) is 107 cm³/mol. The summed E-state index contributed by atoms with van der Waals surface area (Å²) in [5.41, 5.74) is 1.38. The van der Waals surface area contributed by atoms with Crippen molar-refractivity contribution in [2.75, 3.05) is 26.0 Å². The van der Waals surface area contributed by atoms with E-state index in [0.717, 1.165) is 24.5 Å². The van der Waals surface area contributed by atoms with E-state index < -0.39 is 0 Å². The van der Waals surface area contributed by atoms with Crippen LogP contribution in [0.25, 0.3) is 0 Å². The fourth-order valence-corrected chi connectivity index (χ4v) is 5.48. The maximum atomic E-state index is 11.3. The lowest BCUT2D eigenvalue weighted by Gasteiger charge is -2.27. The summed E-state index contributed by atoms with van der Waals surface area (Å²) in [6, 6.07) is 10.6. The van der Waals surface area contributed by atoms with Crippen molar-refractivity contribution in [2.24, 2.45) is 11.8 Å². The monoisotopic (exact) mass is 393 g/mol. The lowest BCUT2D eigenvalue weighted by Crippen LogP contribution is -2.30. The van der Waals surface area contributed by atoms with Gasteiger partial charge in [0.1, 0.15) is 0 Å². The predicted octanol–water partition coefficient (Wildman–Crippen LogP) is 3.75. The standard InChI is InChI=1S/C21H31NO4S/c1-22(24)21(23)8-5-12-25-13-11-17-18(20-10-9-19(17)26-20)15-27-14-16-6-3-2-4-7-16/h2-4,6-7,17-20,24H,5,8-15H2,1H3/t17-,18+,19-,20+/m1/s1. The smallest absolute Gasteiger partial charge is 0.245 e. The second-order valence-corrected chi connectivity index (χ2v) is 8.57. The van der Waals surface area contributed by atoms with Crippen LogP contribution in [-0.4, -0.2) is 54.4 Å². The minimum Gasteiger partial charge on any atom is -0.381 e. The molecule has 2 bridgehead atoms. The minimum atomic E-state index is -0.268. The van der Waals surface area contributed by atoms with Crippen molar-refractivity contribution in [2.45, 2.75) is 50.1 Å². The van der Waals surface area contributed by atoms with Crippen LogP contribution in [0.3, 0.4) is 0 Å². The molecule has 1 aromatic carbocycles. The van der Waals surface area contributed by atoms with Gasteiger partial charge in [0, 0.05) is 32.4 Å². The van der Waals surface area contributed by atoms with Crippen LogP contribution < -0.4 is 0 Å². The summed E-state index contributed by atoms with van der Waals surface area (Å²) >= 11 is 2.01. The van der Waals surface area contributed by atoms with Gasteiger partial charge in [0.15, 0.2) is 0 Å². The van der Waals surface area contributed by atoms with Crippen LogP contribution >= 0.6 is 11.8 Å². The summed E-state index contributed by atoms with van der Waals surface area (Å²) in [6.45, 7) is 1.29. The van der Waals surface area contributed by atoms with E-state index in [-0.39, 0.29) is 5.91 Å². The van der Waals surface area contributed by atoms with Gasteiger partial charge in [-0.05, 0) is 48.8 Å². The van der Waals surface area contributed by atoms with E-state index in [1.807, 2.05) is 11.8 Å². The third kappa shape index (κ3) is 5.95. The Kier molecular flexibility index (Phi) is 8.00. The van der Waals surface area contributed by atoms with Crippen LogP contribution in [-0.2, 0) is 20.0 Å². The molecule has 3 rings (SSSR count). The third-order valence-corrected chi connectivity index (χ3v) is 6.81. The van der Waals surface area contributed by atoms with Crippen LogP contribution in [0.2, 0.25) is 0 Å². The molecule has 0 saturated carbocycles. The molecule has 2 aliphatic rings. The van der Waals surface area contributed by atoms with Gasteiger partial charge in [0.05, 0.1) is 12.2 Å². The minimum absolute atomic E-state index is 0.268. The molecule has 0 aliphatic carbocycles. The van der Waals surface area contributed by atoms with E-state index in [1.165, 1.54) is 25.5 Å². The van der Waals surface area contributed by atoms with Crippen molar-refractivity contribution in [3.05, 3.63) is 35.9 Å². The molecule has 0 spiro atoms. The number of ether oxygens (including phenoxy) is 2. The molecule has 2 aliphatic heterocycles. The maximum Gasteiger partial charge on any atom is 0.245 e. The summed E-state index contributed by atoms with van der Waals surface area (Å²) in [5, 5.41) is 9.67. The summed E-state index contributed by atoms with van der Waals surface area (Å²) in [6.07, 6.45) is 5.23. The number of carbonyl (C=O) groups excluding carboxylic acids is 1. The largest absolute Gasteiger partial charge is 0.381 e. The second kappa shape index (κ2) is 10.5. The Hall–Kier alpha value is -1.08. The normalized spacial score (nSPS) is 26.4. The molecule has 5 nitrogen and oxygen atoms in total. The van der Waals surface area contributed by atoms with Gasteiger partial charge in [-0.2, -0.15) is 11.8 Å². The number of amides is 1. The van der Waals surface area contributed by atoms with Crippen molar-refractivity contribution in [1.82, 2.24) is 5.06 Å². The molecule has 1 aromatic rings. The number of hydrogen-bond donors (Lipinski definition) is 1. The molecule has 27 heavy (non-hydrogen) atoms. The van der Waals surface area contributed by atoms with Crippen LogP contribution in [0, 0.1) is 11.8 Å². The van der Waals surface area contributed by atoms with Gasteiger partial charge < -0.3 is 9.47 Å². The molecule has 1 N–H and O–H groups in total. The van der Waals surface area contributed by atoms with Gasteiger partial charge in [-0.25, -0.2) is 5.06 Å². The van der Waals surface area contributed by atoms with Crippen molar-refractivity contribution < 1.29 is 19.5 Å². The molecule has 2 fully saturated rings. The van der Waals surface area contributed by atoms with Gasteiger partial charge >= 0.3 is 0 Å². The first-order chi connectivity index (χ1) is 13.1. The number of fused-ring (bicyclic) bond motifs is 2. The molecule has 1 amide bonds. The topological polar surface area (TPSA) is 59.0 Å². The van der Waals surface area contributed by atoms with E-state index in [9.17, 15) is 4.79 Å². The molecule has 2 saturated heterocycles. The molecular formula is C21H31NO4S. The second-order valence-electron chi connectivity index (χ2n) is 7.54. The number of hydrogen-bond acceptors (Lipinski definition) is 5. The molecule has 4 atom stereocenters. The average Bonchev–Trinajstić information content (AvgIpc) is 3.27. The van der Waals surface area contributed by atoms with Gasteiger partial charge in [-0.15, -0.1) is 0 Å². The van der Waals surface area contributed by atoms with Crippen LogP contribution in [0.15, 0.2) is 30.3 Å². The lowest BCUT2D eigenvalue weighted by atomic mass is 9.79. The zero-order chi connectivity index (χ0) is 19.1. The number of benzene rings is 1. The number of nitrogens with zero attached hydrogens (tertiary/aromatic N) is 1. The van der Waals surface area contributed by atoms with Crippen LogP contribution in [0.1, 0.15) is 37.7 Å². The van der Waals surface area contributed by atoms with E-state index in [0.29, 0.717) is 48.6 Å². The summed E-state index contributed by atoms with van der Waals surface area (Å²) < 4.78 is 11.9. The summed E-state index contributed by atoms with van der Waals surface area (Å²) in [4.78, 5) is 11.3. The van der Waals surface area contributed by atoms with Crippen molar-refractivity contribution >= 4 is 17.7 Å². The third-order valence-electron chi connectivity index (χ3n) is 5.65. The molecule has 0 aromatic heterocycles. The highest BCUT2D eigenvalue weighted by Gasteiger charge is 2.48. The van der Waals surface area contributed by atoms with Gasteiger partial charge in [0.25, 0.3) is 0 Å². The molecule has 2 heterocycles. The zero-order valence-corrected chi connectivity index (χ0v) is 16.9. The Morgan fingerprint density at radius 2 is 1.96 bits per heavy atom. The molecular weight excluding hydrogens is 362 g/mol. The van der Waals surface area contributed by atoms with Gasteiger partial charge in [-0.1, -0.05) is 30.3 Å². The molecule has 0 unspecified atom stereocenters. The number of hydroxylamine groups is 2. The van der Waals surface area contributed by atoms with E-state index in [4.69, 9.17) is 14.7 Å². The molecule has 150 valence electrons. The van der Waals surface area contributed by atoms with Crippen molar-refractivity contribution in [1.29, 1.82) is 0 Å². The number of thioether (sulfide) groups is 1. The highest BCUT2D eigenvalue weighted by Crippen LogP contribution is 2.46. The Morgan fingerprint density at radius 3 is 2.70 bits per heavy atom. The average molecular weight is 394 g/mol. The van der Waals surface area contributed by atoms with Crippen LogP contribution in [0.4, 0.5) is 0 Å². The van der Waals surface area contributed by atoms with E-state index in [2.05, 4.69) is 30.3 Å². The zero-order valence-electron chi connectivity index (χ0n) is 16.1. The van der Waals surface area contributed by atoms with Gasteiger partial charge in [-0.3, -0.25) is 10.0 Å². The first-order valence-electron chi connectivity index (χ1n) is 9.95. The molecule has 0 radical (unpaired) electrons. The van der Waals surface area contributed by atoms with E-state index in [1.54, 1.807) is 0 Å².